The molecule has 0 atom stereocenters. The van der Waals surface area contributed by atoms with Crippen molar-refractivity contribution in [1.82, 2.24) is 9.36 Å². The summed E-state index contributed by atoms with van der Waals surface area (Å²) >= 11 is 1.43. The summed E-state index contributed by atoms with van der Waals surface area (Å²) in [5, 5.41) is 4.25. The summed E-state index contributed by atoms with van der Waals surface area (Å²) in [4.78, 5) is 4.54. The Bertz CT molecular complexity index is 567. The number of anilines is 1. The van der Waals surface area contributed by atoms with Gasteiger partial charge in [0.2, 0.25) is 5.13 Å². The van der Waals surface area contributed by atoms with E-state index in [1.165, 1.54) is 28.2 Å². The number of rotatable bonds is 3. The predicted octanol–water partition coefficient (Wildman–Crippen LogP) is 3.96. The van der Waals surface area contributed by atoms with Crippen LogP contribution in [-0.2, 0) is 6.42 Å². The smallest absolute Gasteiger partial charge is 0.202 e. The Labute approximate surface area is 119 Å². The Kier molecular flexibility index (Phi) is 3.90. The van der Waals surface area contributed by atoms with Crippen molar-refractivity contribution in [3.8, 4) is 0 Å². The van der Waals surface area contributed by atoms with Crippen molar-refractivity contribution in [3.05, 3.63) is 40.7 Å². The number of hydrogen-bond acceptors (Lipinski definition) is 4. The van der Waals surface area contributed by atoms with Gasteiger partial charge in [-0.1, -0.05) is 18.2 Å². The summed E-state index contributed by atoms with van der Waals surface area (Å²) in [7, 11) is 0. The molecule has 0 spiro atoms. The van der Waals surface area contributed by atoms with Crippen molar-refractivity contribution in [2.45, 2.75) is 46.6 Å². The third-order valence-electron chi connectivity index (χ3n) is 2.88. The summed E-state index contributed by atoms with van der Waals surface area (Å²) in [5.74, 6) is 0.889. The van der Waals surface area contributed by atoms with Crippen molar-refractivity contribution in [2.75, 3.05) is 5.32 Å². The molecule has 4 heteroatoms. The SMILES string of the molecule is Cc1ccc(Cc2nsc(NC(C)(C)C)n2)cc1C. The van der Waals surface area contributed by atoms with Gasteiger partial charge in [-0.25, -0.2) is 4.98 Å². The first kappa shape index (κ1) is 14.0. The molecule has 0 aliphatic carbocycles. The van der Waals surface area contributed by atoms with Crippen LogP contribution in [0.5, 0.6) is 0 Å². The fourth-order valence-electron chi connectivity index (χ4n) is 1.79. The molecule has 0 saturated heterocycles. The normalized spacial score (nSPS) is 11.6. The van der Waals surface area contributed by atoms with E-state index in [9.17, 15) is 0 Å². The van der Waals surface area contributed by atoms with Crippen LogP contribution in [0.15, 0.2) is 18.2 Å². The molecule has 0 fully saturated rings. The highest BCUT2D eigenvalue weighted by Gasteiger charge is 2.13. The van der Waals surface area contributed by atoms with Gasteiger partial charge in [0.15, 0.2) is 0 Å². The minimum Gasteiger partial charge on any atom is -0.356 e. The molecule has 0 aliphatic rings. The molecule has 2 rings (SSSR count). The minimum absolute atomic E-state index is 0.0251. The molecule has 1 aromatic carbocycles. The summed E-state index contributed by atoms with van der Waals surface area (Å²) in [5.41, 5.74) is 3.94. The highest BCUT2D eigenvalue weighted by atomic mass is 32.1. The molecule has 0 unspecified atom stereocenters. The van der Waals surface area contributed by atoms with Gasteiger partial charge in [-0.15, -0.1) is 0 Å². The topological polar surface area (TPSA) is 37.8 Å². The van der Waals surface area contributed by atoms with E-state index >= 15 is 0 Å². The van der Waals surface area contributed by atoms with Crippen molar-refractivity contribution < 1.29 is 0 Å². The Morgan fingerprint density at radius 2 is 1.89 bits per heavy atom. The number of aryl methyl sites for hydroxylation is 2. The molecule has 102 valence electrons. The Morgan fingerprint density at radius 1 is 1.16 bits per heavy atom. The minimum atomic E-state index is 0.0251. The van der Waals surface area contributed by atoms with Gasteiger partial charge in [0.05, 0.1) is 0 Å². The molecule has 19 heavy (non-hydrogen) atoms. The summed E-state index contributed by atoms with van der Waals surface area (Å²) in [6.45, 7) is 10.6. The van der Waals surface area contributed by atoms with Gasteiger partial charge in [0.25, 0.3) is 0 Å². The fourth-order valence-corrected chi connectivity index (χ4v) is 2.59. The lowest BCUT2D eigenvalue weighted by Gasteiger charge is -2.18. The number of aromatic nitrogens is 2. The van der Waals surface area contributed by atoms with Crippen LogP contribution in [0.2, 0.25) is 0 Å². The number of benzene rings is 1. The maximum Gasteiger partial charge on any atom is 0.202 e. The zero-order chi connectivity index (χ0) is 14.0. The molecule has 0 amide bonds. The second kappa shape index (κ2) is 5.29. The monoisotopic (exact) mass is 275 g/mol. The second-order valence-electron chi connectivity index (χ2n) is 5.99. The second-order valence-corrected chi connectivity index (χ2v) is 6.74. The molecule has 1 N–H and O–H groups in total. The fraction of sp³-hybridized carbons (Fsp3) is 0.467. The highest BCUT2D eigenvalue weighted by Crippen LogP contribution is 2.19. The molecular weight excluding hydrogens is 254 g/mol. The molecule has 1 aromatic heterocycles. The molecule has 0 aliphatic heterocycles. The lowest BCUT2D eigenvalue weighted by molar-refractivity contribution is 0.633. The van der Waals surface area contributed by atoms with E-state index in [2.05, 4.69) is 67.5 Å². The van der Waals surface area contributed by atoms with Gasteiger partial charge in [-0.2, -0.15) is 4.37 Å². The van der Waals surface area contributed by atoms with Gasteiger partial charge < -0.3 is 5.32 Å². The predicted molar refractivity (Wildman–Crippen MR) is 82.0 cm³/mol. The summed E-state index contributed by atoms with van der Waals surface area (Å²) < 4.78 is 4.42. The lowest BCUT2D eigenvalue weighted by atomic mass is 10.0. The molecule has 2 aromatic rings. The first-order valence-electron chi connectivity index (χ1n) is 6.50. The molecule has 0 bridgehead atoms. The first-order chi connectivity index (χ1) is 8.83. The average molecular weight is 275 g/mol. The van der Waals surface area contributed by atoms with E-state index in [0.29, 0.717) is 0 Å². The number of nitrogens with zero attached hydrogens (tertiary/aromatic N) is 2. The third-order valence-corrected chi connectivity index (χ3v) is 3.55. The Morgan fingerprint density at radius 3 is 2.53 bits per heavy atom. The van der Waals surface area contributed by atoms with Gasteiger partial charge in [0.1, 0.15) is 5.82 Å². The van der Waals surface area contributed by atoms with E-state index in [-0.39, 0.29) is 5.54 Å². The maximum absolute atomic E-state index is 4.54. The van der Waals surface area contributed by atoms with Gasteiger partial charge in [0, 0.05) is 23.5 Å². The lowest BCUT2D eigenvalue weighted by Crippen LogP contribution is -2.25. The van der Waals surface area contributed by atoms with Crippen LogP contribution in [0, 0.1) is 13.8 Å². The highest BCUT2D eigenvalue weighted by molar-refractivity contribution is 7.09. The van der Waals surface area contributed by atoms with Gasteiger partial charge in [-0.3, -0.25) is 0 Å². The first-order valence-corrected chi connectivity index (χ1v) is 7.28. The van der Waals surface area contributed by atoms with Gasteiger partial charge >= 0.3 is 0 Å². The quantitative estimate of drug-likeness (QED) is 0.921. The Hall–Kier alpha value is -1.42. The van der Waals surface area contributed by atoms with Crippen molar-refractivity contribution in [3.63, 3.8) is 0 Å². The molecular formula is C15H21N3S. The average Bonchev–Trinajstić information content (AvgIpc) is 2.68. The van der Waals surface area contributed by atoms with E-state index in [1.54, 1.807) is 0 Å². The van der Waals surface area contributed by atoms with Crippen molar-refractivity contribution in [1.29, 1.82) is 0 Å². The van der Waals surface area contributed by atoms with Crippen LogP contribution in [-0.4, -0.2) is 14.9 Å². The standard InChI is InChI=1S/C15H21N3S/c1-10-6-7-12(8-11(10)2)9-13-16-14(19-18-13)17-15(3,4)5/h6-8H,9H2,1-5H3,(H,16,17,18). The molecule has 0 radical (unpaired) electrons. The number of nitrogens with one attached hydrogen (secondary N) is 1. The zero-order valence-corrected chi connectivity index (χ0v) is 13.1. The molecule has 1 heterocycles. The summed E-state index contributed by atoms with van der Waals surface area (Å²) in [6, 6.07) is 6.53. The molecule has 3 nitrogen and oxygen atoms in total. The van der Waals surface area contributed by atoms with E-state index in [4.69, 9.17) is 0 Å². The largest absolute Gasteiger partial charge is 0.356 e. The van der Waals surface area contributed by atoms with Crippen LogP contribution in [0.1, 0.15) is 43.3 Å². The van der Waals surface area contributed by atoms with E-state index < -0.39 is 0 Å². The van der Waals surface area contributed by atoms with Crippen LogP contribution < -0.4 is 5.32 Å². The van der Waals surface area contributed by atoms with E-state index in [0.717, 1.165) is 17.4 Å². The molecule has 0 saturated carbocycles. The van der Waals surface area contributed by atoms with E-state index in [1.807, 2.05) is 0 Å². The van der Waals surface area contributed by atoms with Crippen molar-refractivity contribution >= 4 is 16.7 Å². The van der Waals surface area contributed by atoms with Crippen molar-refractivity contribution in [2.24, 2.45) is 0 Å². The van der Waals surface area contributed by atoms with Crippen LogP contribution in [0.3, 0.4) is 0 Å². The van der Waals surface area contributed by atoms with Gasteiger partial charge in [-0.05, 0) is 51.3 Å². The Balaban J connectivity index is 2.09. The third kappa shape index (κ3) is 4.03. The van der Waals surface area contributed by atoms with Crippen LogP contribution in [0.4, 0.5) is 5.13 Å². The summed E-state index contributed by atoms with van der Waals surface area (Å²) in [6.07, 6.45) is 0.795. The van der Waals surface area contributed by atoms with Crippen LogP contribution >= 0.6 is 11.5 Å². The van der Waals surface area contributed by atoms with Crippen LogP contribution in [0.25, 0.3) is 0 Å². The zero-order valence-electron chi connectivity index (χ0n) is 12.2. The number of hydrogen-bond donors (Lipinski definition) is 1. The maximum atomic E-state index is 4.54.